The lowest BCUT2D eigenvalue weighted by Gasteiger charge is -2.04. The fourth-order valence-electron chi connectivity index (χ4n) is 1.99. The largest absolute Gasteiger partial charge is 0.0795 e. The van der Waals surface area contributed by atoms with Gasteiger partial charge in [0.15, 0.2) is 0 Å². The third-order valence-corrected chi connectivity index (χ3v) is 2.95. The van der Waals surface area contributed by atoms with Gasteiger partial charge in [-0.1, -0.05) is 73.7 Å². The zero-order valence-electron chi connectivity index (χ0n) is 10.3. The second kappa shape index (κ2) is 6.05. The van der Waals surface area contributed by atoms with Crippen molar-refractivity contribution < 1.29 is 0 Å². The van der Waals surface area contributed by atoms with Gasteiger partial charge < -0.3 is 0 Å². The molecule has 2 rings (SSSR count). The minimum atomic E-state index is 1.01. The fourth-order valence-corrected chi connectivity index (χ4v) is 1.99. The van der Waals surface area contributed by atoms with Crippen molar-refractivity contribution in [3.8, 4) is 0 Å². The van der Waals surface area contributed by atoms with E-state index in [4.69, 9.17) is 0 Å². The summed E-state index contributed by atoms with van der Waals surface area (Å²) in [6, 6.07) is 19.1. The van der Waals surface area contributed by atoms with E-state index >= 15 is 0 Å². The first-order chi connectivity index (χ1) is 8.40. The number of allylic oxidation sites excluding steroid dienone is 1. The van der Waals surface area contributed by atoms with Gasteiger partial charge in [0.05, 0.1) is 0 Å². The summed E-state index contributed by atoms with van der Waals surface area (Å²) in [5, 5.41) is 0. The molecule has 0 nitrogen and oxygen atoms in total. The molecule has 0 bridgehead atoms. The SMILES string of the molecule is CCc1ccccc1CC=Cc1ccccc1. The molecular weight excluding hydrogens is 204 g/mol. The molecule has 0 amide bonds. The number of hydrogen-bond donors (Lipinski definition) is 0. The summed E-state index contributed by atoms with van der Waals surface area (Å²) in [5.41, 5.74) is 4.15. The van der Waals surface area contributed by atoms with Gasteiger partial charge in [0, 0.05) is 0 Å². The van der Waals surface area contributed by atoms with Crippen LogP contribution in [0.5, 0.6) is 0 Å². The first kappa shape index (κ1) is 11.7. The van der Waals surface area contributed by atoms with E-state index in [0.717, 1.165) is 12.8 Å². The molecule has 2 aromatic carbocycles. The van der Waals surface area contributed by atoms with E-state index in [2.05, 4.69) is 67.6 Å². The smallest absolute Gasteiger partial charge is 0.00914 e. The summed E-state index contributed by atoms with van der Waals surface area (Å²) < 4.78 is 0. The molecule has 0 aromatic heterocycles. The average Bonchev–Trinajstić information content (AvgIpc) is 2.40. The van der Waals surface area contributed by atoms with Crippen LogP contribution in [0.4, 0.5) is 0 Å². The molecule has 2 aromatic rings. The van der Waals surface area contributed by atoms with Gasteiger partial charge in [-0.25, -0.2) is 0 Å². The van der Waals surface area contributed by atoms with Crippen molar-refractivity contribution in [3.63, 3.8) is 0 Å². The Morgan fingerprint density at radius 1 is 0.824 bits per heavy atom. The van der Waals surface area contributed by atoms with Gasteiger partial charge in [-0.2, -0.15) is 0 Å². The van der Waals surface area contributed by atoms with E-state index < -0.39 is 0 Å². The van der Waals surface area contributed by atoms with Crippen LogP contribution in [0.2, 0.25) is 0 Å². The van der Waals surface area contributed by atoms with E-state index in [0.29, 0.717) is 0 Å². The Morgan fingerprint density at radius 2 is 1.47 bits per heavy atom. The predicted molar refractivity (Wildman–Crippen MR) is 75.0 cm³/mol. The van der Waals surface area contributed by atoms with Gasteiger partial charge in [-0.05, 0) is 29.5 Å². The Balaban J connectivity index is 2.05. The standard InChI is InChI=1S/C17H18/c1-2-16-12-6-7-13-17(16)14-8-11-15-9-4-3-5-10-15/h3-13H,2,14H2,1H3. The van der Waals surface area contributed by atoms with Crippen molar-refractivity contribution in [3.05, 3.63) is 77.4 Å². The molecule has 0 N–H and O–H groups in total. The van der Waals surface area contributed by atoms with Crippen molar-refractivity contribution in [1.29, 1.82) is 0 Å². The number of rotatable bonds is 4. The number of benzene rings is 2. The van der Waals surface area contributed by atoms with E-state index in [1.165, 1.54) is 16.7 Å². The highest BCUT2D eigenvalue weighted by Crippen LogP contribution is 2.11. The van der Waals surface area contributed by atoms with Gasteiger partial charge in [-0.15, -0.1) is 0 Å². The van der Waals surface area contributed by atoms with Gasteiger partial charge >= 0.3 is 0 Å². The highest BCUT2D eigenvalue weighted by Gasteiger charge is 1.96. The lowest BCUT2D eigenvalue weighted by molar-refractivity contribution is 1.08. The quantitative estimate of drug-likeness (QED) is 0.714. The molecule has 0 radical (unpaired) electrons. The maximum atomic E-state index is 2.24. The summed E-state index contributed by atoms with van der Waals surface area (Å²) in [7, 11) is 0. The van der Waals surface area contributed by atoms with Crippen LogP contribution in [-0.2, 0) is 12.8 Å². The molecule has 0 spiro atoms. The van der Waals surface area contributed by atoms with Crippen LogP contribution in [0.25, 0.3) is 6.08 Å². The Hall–Kier alpha value is -1.82. The Morgan fingerprint density at radius 3 is 2.18 bits per heavy atom. The molecule has 0 heterocycles. The minimum Gasteiger partial charge on any atom is -0.0795 e. The summed E-state index contributed by atoms with van der Waals surface area (Å²) in [5.74, 6) is 0. The third kappa shape index (κ3) is 3.32. The lowest BCUT2D eigenvalue weighted by atomic mass is 10.0. The molecule has 0 heteroatoms. The normalized spacial score (nSPS) is 10.9. The molecule has 0 aliphatic heterocycles. The van der Waals surface area contributed by atoms with Gasteiger partial charge in [0.2, 0.25) is 0 Å². The molecule has 0 aliphatic rings. The van der Waals surface area contributed by atoms with Gasteiger partial charge in [0.25, 0.3) is 0 Å². The topological polar surface area (TPSA) is 0 Å². The van der Waals surface area contributed by atoms with Gasteiger partial charge in [-0.3, -0.25) is 0 Å². The van der Waals surface area contributed by atoms with E-state index in [1.807, 2.05) is 6.07 Å². The van der Waals surface area contributed by atoms with Gasteiger partial charge in [0.1, 0.15) is 0 Å². The second-order valence-electron chi connectivity index (χ2n) is 4.14. The Kier molecular flexibility index (Phi) is 4.15. The Bertz CT molecular complexity index is 480. The molecule has 0 saturated carbocycles. The molecule has 17 heavy (non-hydrogen) atoms. The van der Waals surface area contributed by atoms with Crippen molar-refractivity contribution in [2.75, 3.05) is 0 Å². The summed E-state index contributed by atoms with van der Waals surface area (Å²) in [4.78, 5) is 0. The molecule has 0 aliphatic carbocycles. The van der Waals surface area contributed by atoms with E-state index in [9.17, 15) is 0 Å². The molecule has 0 atom stereocenters. The van der Waals surface area contributed by atoms with Crippen LogP contribution in [0.15, 0.2) is 60.7 Å². The van der Waals surface area contributed by atoms with Crippen LogP contribution >= 0.6 is 0 Å². The third-order valence-electron chi connectivity index (χ3n) is 2.95. The van der Waals surface area contributed by atoms with Crippen LogP contribution in [0, 0.1) is 0 Å². The zero-order valence-corrected chi connectivity index (χ0v) is 10.3. The second-order valence-corrected chi connectivity index (χ2v) is 4.14. The highest BCUT2D eigenvalue weighted by atomic mass is 14.0. The lowest BCUT2D eigenvalue weighted by Crippen LogP contribution is -1.89. The summed E-state index contributed by atoms with van der Waals surface area (Å²) >= 11 is 0. The van der Waals surface area contributed by atoms with E-state index in [1.54, 1.807) is 0 Å². The molecule has 0 fully saturated rings. The van der Waals surface area contributed by atoms with Crippen molar-refractivity contribution in [2.24, 2.45) is 0 Å². The first-order valence-electron chi connectivity index (χ1n) is 6.18. The highest BCUT2D eigenvalue weighted by molar-refractivity contribution is 5.49. The van der Waals surface area contributed by atoms with Crippen LogP contribution in [0.3, 0.4) is 0 Å². The molecule has 86 valence electrons. The number of hydrogen-bond acceptors (Lipinski definition) is 0. The van der Waals surface area contributed by atoms with Crippen LogP contribution in [-0.4, -0.2) is 0 Å². The minimum absolute atomic E-state index is 1.01. The van der Waals surface area contributed by atoms with Crippen molar-refractivity contribution in [2.45, 2.75) is 19.8 Å². The monoisotopic (exact) mass is 222 g/mol. The summed E-state index contributed by atoms with van der Waals surface area (Å²) in [6.45, 7) is 2.21. The van der Waals surface area contributed by atoms with Crippen LogP contribution in [0.1, 0.15) is 23.6 Å². The maximum Gasteiger partial charge on any atom is -0.00914 e. The molecule has 0 unspecified atom stereocenters. The maximum absolute atomic E-state index is 2.24. The predicted octanol–water partition coefficient (Wildman–Crippen LogP) is 4.50. The Labute approximate surface area is 104 Å². The van der Waals surface area contributed by atoms with Crippen molar-refractivity contribution in [1.82, 2.24) is 0 Å². The van der Waals surface area contributed by atoms with Crippen LogP contribution < -0.4 is 0 Å². The fraction of sp³-hybridized carbons (Fsp3) is 0.176. The zero-order chi connectivity index (χ0) is 11.9. The van der Waals surface area contributed by atoms with E-state index in [-0.39, 0.29) is 0 Å². The molecular formula is C17H18. The first-order valence-corrected chi connectivity index (χ1v) is 6.18. The molecule has 0 saturated heterocycles. The summed E-state index contributed by atoms with van der Waals surface area (Å²) in [6.07, 6.45) is 6.55. The average molecular weight is 222 g/mol. The number of aryl methyl sites for hydroxylation is 1. The van der Waals surface area contributed by atoms with Crippen molar-refractivity contribution >= 4 is 6.08 Å².